The summed E-state index contributed by atoms with van der Waals surface area (Å²) >= 11 is 0. The molecular weight excluding hydrogens is 414 g/mol. The molecule has 0 bridgehead atoms. The fourth-order valence-corrected chi connectivity index (χ4v) is 6.06. The zero-order valence-electron chi connectivity index (χ0n) is 17.7. The maximum atomic E-state index is 13.1. The number of anilines is 2. The van der Waals surface area contributed by atoms with Gasteiger partial charge in [-0.25, -0.2) is 8.42 Å². The first kappa shape index (κ1) is 20.5. The molecule has 0 amide bonds. The van der Waals surface area contributed by atoms with Crippen LogP contribution in [0, 0.1) is 0 Å². The Bertz CT molecular complexity index is 1010. The Hall–Kier alpha value is -2.39. The van der Waals surface area contributed by atoms with Crippen LogP contribution in [0.1, 0.15) is 31.2 Å². The van der Waals surface area contributed by atoms with Gasteiger partial charge in [-0.1, -0.05) is 12.8 Å². The molecule has 5 rings (SSSR count). The second kappa shape index (κ2) is 8.63. The Morgan fingerprint density at radius 1 is 0.774 bits per heavy atom. The van der Waals surface area contributed by atoms with E-state index in [9.17, 15) is 8.42 Å². The van der Waals surface area contributed by atoms with Crippen LogP contribution in [0.3, 0.4) is 0 Å². The van der Waals surface area contributed by atoms with Crippen LogP contribution in [-0.2, 0) is 16.4 Å². The Balaban J connectivity index is 1.23. The second-order valence-corrected chi connectivity index (χ2v) is 10.3. The van der Waals surface area contributed by atoms with Crippen LogP contribution in [0.25, 0.3) is 0 Å². The van der Waals surface area contributed by atoms with E-state index < -0.39 is 10.0 Å². The molecule has 8 nitrogen and oxygen atoms in total. The number of piperazine rings is 1. The smallest absolute Gasteiger partial charge is 0.243 e. The number of benzene rings is 1. The third-order valence-corrected chi connectivity index (χ3v) is 8.32. The lowest BCUT2D eigenvalue weighted by atomic mass is 10.2. The normalized spacial score (nSPS) is 20.3. The van der Waals surface area contributed by atoms with Crippen molar-refractivity contribution in [2.75, 3.05) is 55.7 Å². The molecule has 2 fully saturated rings. The van der Waals surface area contributed by atoms with E-state index in [4.69, 9.17) is 4.74 Å². The number of hydrogen-bond donors (Lipinski definition) is 0. The van der Waals surface area contributed by atoms with Crippen molar-refractivity contribution < 1.29 is 13.2 Å². The van der Waals surface area contributed by atoms with Crippen molar-refractivity contribution in [3.05, 3.63) is 35.9 Å². The van der Waals surface area contributed by atoms with Gasteiger partial charge in [0.1, 0.15) is 5.75 Å². The third-order valence-electron chi connectivity index (χ3n) is 6.43. The number of nitrogens with zero attached hydrogens (tertiary/aromatic N) is 5. The van der Waals surface area contributed by atoms with Gasteiger partial charge in [0.2, 0.25) is 10.0 Å². The fraction of sp³-hybridized carbons (Fsp3) is 0.545. The molecule has 0 unspecified atom stereocenters. The predicted molar refractivity (Wildman–Crippen MR) is 119 cm³/mol. The second-order valence-electron chi connectivity index (χ2n) is 8.41. The van der Waals surface area contributed by atoms with Crippen LogP contribution in [0.15, 0.2) is 35.2 Å². The van der Waals surface area contributed by atoms with Crippen molar-refractivity contribution in [3.63, 3.8) is 0 Å². The van der Waals surface area contributed by atoms with E-state index in [1.807, 2.05) is 12.1 Å². The lowest BCUT2D eigenvalue weighted by molar-refractivity contribution is 0.356. The van der Waals surface area contributed by atoms with Gasteiger partial charge in [0.05, 0.1) is 11.5 Å². The number of hydrogen-bond acceptors (Lipinski definition) is 7. The molecule has 0 aliphatic carbocycles. The Labute approximate surface area is 183 Å². The summed E-state index contributed by atoms with van der Waals surface area (Å²) in [5.41, 5.74) is 0.972. The average Bonchev–Trinajstić information content (AvgIpc) is 3.11. The van der Waals surface area contributed by atoms with Crippen molar-refractivity contribution in [1.82, 2.24) is 14.5 Å². The lowest BCUT2D eigenvalue weighted by Crippen LogP contribution is -2.49. The Morgan fingerprint density at radius 3 is 2.06 bits per heavy atom. The van der Waals surface area contributed by atoms with Gasteiger partial charge in [-0.05, 0) is 48.7 Å². The molecule has 166 valence electrons. The molecule has 0 radical (unpaired) electrons. The predicted octanol–water partition coefficient (Wildman–Crippen LogP) is 2.30. The Kier molecular flexibility index (Phi) is 5.71. The molecule has 3 aliphatic heterocycles. The van der Waals surface area contributed by atoms with Crippen molar-refractivity contribution in [3.8, 4) is 5.75 Å². The average molecular weight is 444 g/mol. The molecule has 2 aromatic rings. The molecule has 3 aliphatic rings. The minimum atomic E-state index is -3.51. The van der Waals surface area contributed by atoms with Gasteiger partial charge in [-0.15, -0.1) is 10.2 Å². The molecule has 9 heteroatoms. The lowest BCUT2D eigenvalue weighted by Gasteiger charge is -2.34. The number of ether oxygens (including phenoxy) is 1. The molecule has 0 atom stereocenters. The largest absolute Gasteiger partial charge is 0.493 e. The van der Waals surface area contributed by atoms with Gasteiger partial charge >= 0.3 is 0 Å². The van der Waals surface area contributed by atoms with Gasteiger partial charge < -0.3 is 14.5 Å². The van der Waals surface area contributed by atoms with Crippen LogP contribution in [0.5, 0.6) is 5.75 Å². The zero-order valence-corrected chi connectivity index (χ0v) is 18.6. The molecule has 0 N–H and O–H groups in total. The fourth-order valence-electron chi connectivity index (χ4n) is 4.59. The summed E-state index contributed by atoms with van der Waals surface area (Å²) in [6, 6.07) is 9.24. The summed E-state index contributed by atoms with van der Waals surface area (Å²) < 4.78 is 33.3. The standard InChI is InChI=1S/C22H29N5O3S/c28-31(29,19-5-6-20-18(17-19)9-16-30-20)27-14-12-26(13-15-27)22-8-7-21(23-24-22)25-10-3-1-2-4-11-25/h5-8,17H,1-4,9-16H2. The molecule has 1 aromatic heterocycles. The van der Waals surface area contributed by atoms with Gasteiger partial charge in [0, 0.05) is 45.7 Å². The van der Waals surface area contributed by atoms with Crippen LogP contribution >= 0.6 is 0 Å². The zero-order chi connectivity index (χ0) is 21.3. The highest BCUT2D eigenvalue weighted by molar-refractivity contribution is 7.89. The van der Waals surface area contributed by atoms with Gasteiger partial charge in [-0.2, -0.15) is 4.31 Å². The molecular formula is C22H29N5O3S. The van der Waals surface area contributed by atoms with E-state index in [0.717, 1.165) is 42.5 Å². The topological polar surface area (TPSA) is 78.9 Å². The van der Waals surface area contributed by atoms with Crippen molar-refractivity contribution >= 4 is 21.7 Å². The summed E-state index contributed by atoms with van der Waals surface area (Å²) in [5, 5.41) is 8.90. The summed E-state index contributed by atoms with van der Waals surface area (Å²) in [4.78, 5) is 4.78. The van der Waals surface area contributed by atoms with Gasteiger partial charge in [0.15, 0.2) is 11.6 Å². The van der Waals surface area contributed by atoms with E-state index in [2.05, 4.69) is 20.0 Å². The van der Waals surface area contributed by atoms with Crippen LogP contribution in [0.4, 0.5) is 11.6 Å². The van der Waals surface area contributed by atoms with E-state index in [1.165, 1.54) is 25.7 Å². The molecule has 4 heterocycles. The van der Waals surface area contributed by atoms with E-state index in [-0.39, 0.29) is 0 Å². The first-order valence-electron chi connectivity index (χ1n) is 11.2. The first-order valence-corrected chi connectivity index (χ1v) is 12.6. The SMILES string of the molecule is O=S(=O)(c1ccc2c(c1)CCO2)N1CCN(c2ccc(N3CCCCCC3)nn2)CC1. The van der Waals surface area contributed by atoms with E-state index >= 15 is 0 Å². The molecule has 2 saturated heterocycles. The summed E-state index contributed by atoms with van der Waals surface area (Å²) in [7, 11) is -3.51. The van der Waals surface area contributed by atoms with Crippen molar-refractivity contribution in [2.45, 2.75) is 37.0 Å². The van der Waals surface area contributed by atoms with Gasteiger partial charge in [-0.3, -0.25) is 0 Å². The first-order chi connectivity index (χ1) is 15.1. The monoisotopic (exact) mass is 443 g/mol. The van der Waals surface area contributed by atoms with E-state index in [0.29, 0.717) is 37.7 Å². The highest BCUT2D eigenvalue weighted by Crippen LogP contribution is 2.29. The number of aromatic nitrogens is 2. The molecule has 31 heavy (non-hydrogen) atoms. The number of rotatable bonds is 4. The van der Waals surface area contributed by atoms with E-state index in [1.54, 1.807) is 22.5 Å². The molecule has 1 aromatic carbocycles. The quantitative estimate of drug-likeness (QED) is 0.717. The van der Waals surface area contributed by atoms with Crippen LogP contribution < -0.4 is 14.5 Å². The maximum absolute atomic E-state index is 13.1. The number of fused-ring (bicyclic) bond motifs is 1. The minimum absolute atomic E-state index is 0.354. The van der Waals surface area contributed by atoms with Gasteiger partial charge in [0.25, 0.3) is 0 Å². The van der Waals surface area contributed by atoms with Crippen molar-refractivity contribution in [2.24, 2.45) is 0 Å². The summed E-state index contributed by atoms with van der Waals surface area (Å²) in [6.45, 7) is 4.78. The van der Waals surface area contributed by atoms with Crippen molar-refractivity contribution in [1.29, 1.82) is 0 Å². The number of sulfonamides is 1. The highest BCUT2D eigenvalue weighted by Gasteiger charge is 2.30. The summed E-state index contributed by atoms with van der Waals surface area (Å²) in [6.07, 6.45) is 5.75. The maximum Gasteiger partial charge on any atom is 0.243 e. The van der Waals surface area contributed by atoms with Crippen LogP contribution in [-0.4, -0.2) is 68.8 Å². The molecule has 0 spiro atoms. The molecule has 0 saturated carbocycles. The minimum Gasteiger partial charge on any atom is -0.493 e. The highest BCUT2D eigenvalue weighted by atomic mass is 32.2. The third kappa shape index (κ3) is 4.21. The van der Waals surface area contributed by atoms with Crippen LogP contribution in [0.2, 0.25) is 0 Å². The Morgan fingerprint density at radius 2 is 1.42 bits per heavy atom. The summed E-state index contributed by atoms with van der Waals surface area (Å²) in [5.74, 6) is 2.55.